The number of benzene rings is 1. The van der Waals surface area contributed by atoms with E-state index in [1.54, 1.807) is 5.56 Å². The van der Waals surface area contributed by atoms with E-state index in [0.717, 1.165) is 12.5 Å². The number of rotatable bonds is 4. The zero-order chi connectivity index (χ0) is 14.0. The second-order valence-corrected chi connectivity index (χ2v) is 6.19. The van der Waals surface area contributed by atoms with Crippen molar-refractivity contribution in [1.29, 1.82) is 0 Å². The Kier molecular flexibility index (Phi) is 4.64. The van der Waals surface area contributed by atoms with Gasteiger partial charge in [0.2, 0.25) is 0 Å². The fourth-order valence-electron chi connectivity index (χ4n) is 3.63. The molecule has 0 aliphatic carbocycles. The molecule has 19 heavy (non-hydrogen) atoms. The van der Waals surface area contributed by atoms with E-state index >= 15 is 0 Å². The van der Waals surface area contributed by atoms with Gasteiger partial charge < -0.3 is 5.32 Å². The van der Waals surface area contributed by atoms with E-state index in [-0.39, 0.29) is 0 Å². The molecule has 1 fully saturated rings. The van der Waals surface area contributed by atoms with Crippen LogP contribution in [0.2, 0.25) is 0 Å². The van der Waals surface area contributed by atoms with Crippen LogP contribution in [0.25, 0.3) is 0 Å². The van der Waals surface area contributed by atoms with Gasteiger partial charge in [-0.15, -0.1) is 0 Å². The minimum Gasteiger partial charge on any atom is -0.319 e. The van der Waals surface area contributed by atoms with Crippen LogP contribution in [-0.2, 0) is 0 Å². The maximum absolute atomic E-state index is 3.38. The van der Waals surface area contributed by atoms with Crippen LogP contribution in [0.5, 0.6) is 0 Å². The van der Waals surface area contributed by atoms with Crippen molar-refractivity contribution in [3.8, 4) is 0 Å². The highest BCUT2D eigenvalue weighted by atomic mass is 15.2. The van der Waals surface area contributed by atoms with E-state index in [2.05, 4.69) is 63.2 Å². The Morgan fingerprint density at radius 3 is 2.42 bits per heavy atom. The molecular weight excluding hydrogens is 232 g/mol. The Morgan fingerprint density at radius 1 is 1.26 bits per heavy atom. The van der Waals surface area contributed by atoms with E-state index in [1.165, 1.54) is 24.1 Å². The third-order valence-corrected chi connectivity index (χ3v) is 4.53. The lowest BCUT2D eigenvalue weighted by Crippen LogP contribution is -2.34. The molecule has 1 aromatic rings. The lowest BCUT2D eigenvalue weighted by atomic mass is 9.87. The van der Waals surface area contributed by atoms with Gasteiger partial charge >= 0.3 is 0 Å². The van der Waals surface area contributed by atoms with Crippen molar-refractivity contribution in [1.82, 2.24) is 10.2 Å². The first-order chi connectivity index (χ1) is 9.06. The van der Waals surface area contributed by atoms with Crippen molar-refractivity contribution in [2.75, 3.05) is 20.1 Å². The highest BCUT2D eigenvalue weighted by Crippen LogP contribution is 2.40. The molecule has 1 saturated heterocycles. The summed E-state index contributed by atoms with van der Waals surface area (Å²) in [4.78, 5) is 2.68. The third-order valence-electron chi connectivity index (χ3n) is 4.53. The van der Waals surface area contributed by atoms with Crippen LogP contribution in [0.1, 0.15) is 43.0 Å². The monoisotopic (exact) mass is 260 g/mol. The minimum atomic E-state index is 0.577. The molecule has 2 atom stereocenters. The molecule has 2 rings (SSSR count). The van der Waals surface area contributed by atoms with Crippen LogP contribution < -0.4 is 5.32 Å². The van der Waals surface area contributed by atoms with Gasteiger partial charge in [-0.1, -0.05) is 18.2 Å². The second-order valence-electron chi connectivity index (χ2n) is 6.19. The Labute approximate surface area is 118 Å². The van der Waals surface area contributed by atoms with Gasteiger partial charge in [0.05, 0.1) is 0 Å². The average Bonchev–Trinajstić information content (AvgIpc) is 2.74. The predicted molar refractivity (Wildman–Crippen MR) is 82.5 cm³/mol. The first kappa shape index (κ1) is 14.5. The molecule has 1 aliphatic rings. The first-order valence-electron chi connectivity index (χ1n) is 7.52. The number of likely N-dealkylation sites (tertiary alicyclic amines) is 1. The number of nitrogens with zero attached hydrogens (tertiary/aromatic N) is 1. The Hall–Kier alpha value is -0.860. The average molecular weight is 260 g/mol. The topological polar surface area (TPSA) is 15.3 Å². The molecule has 0 saturated carbocycles. The molecule has 2 nitrogen and oxygen atoms in total. The molecule has 1 heterocycles. The third kappa shape index (κ3) is 2.85. The SMILES string of the molecule is CNCC1CCN(C(C)C)C1c1c(C)cccc1C. The van der Waals surface area contributed by atoms with Crippen LogP contribution in [0.4, 0.5) is 0 Å². The molecule has 106 valence electrons. The van der Waals surface area contributed by atoms with Crippen molar-refractivity contribution in [3.05, 3.63) is 34.9 Å². The van der Waals surface area contributed by atoms with Gasteiger partial charge in [0.15, 0.2) is 0 Å². The summed E-state index contributed by atoms with van der Waals surface area (Å²) in [5, 5.41) is 3.38. The smallest absolute Gasteiger partial charge is 0.0396 e. The predicted octanol–water partition coefficient (Wildman–Crippen LogP) is 3.29. The van der Waals surface area contributed by atoms with Crippen molar-refractivity contribution >= 4 is 0 Å². The molecule has 0 amide bonds. The number of nitrogens with one attached hydrogen (secondary N) is 1. The van der Waals surface area contributed by atoms with Gasteiger partial charge in [-0.2, -0.15) is 0 Å². The molecule has 1 aromatic carbocycles. The fraction of sp³-hybridized carbons (Fsp3) is 0.647. The van der Waals surface area contributed by atoms with Gasteiger partial charge in [-0.3, -0.25) is 4.90 Å². The van der Waals surface area contributed by atoms with Crippen molar-refractivity contribution in [2.24, 2.45) is 5.92 Å². The normalized spacial score (nSPS) is 24.3. The molecule has 0 radical (unpaired) electrons. The lowest BCUT2D eigenvalue weighted by Gasteiger charge is -2.33. The summed E-state index contributed by atoms with van der Waals surface area (Å²) < 4.78 is 0. The summed E-state index contributed by atoms with van der Waals surface area (Å²) in [5.74, 6) is 0.729. The minimum absolute atomic E-state index is 0.577. The highest BCUT2D eigenvalue weighted by molar-refractivity contribution is 5.37. The Bertz CT molecular complexity index is 405. The quantitative estimate of drug-likeness (QED) is 0.893. The molecule has 2 heteroatoms. The van der Waals surface area contributed by atoms with Gasteiger partial charge in [-0.05, 0) is 76.9 Å². The van der Waals surface area contributed by atoms with E-state index in [0.29, 0.717) is 12.1 Å². The molecule has 1 aliphatic heterocycles. The Morgan fingerprint density at radius 2 is 1.89 bits per heavy atom. The zero-order valence-corrected chi connectivity index (χ0v) is 13.0. The van der Waals surface area contributed by atoms with Gasteiger partial charge in [0.1, 0.15) is 0 Å². The van der Waals surface area contributed by atoms with E-state index in [9.17, 15) is 0 Å². The summed E-state index contributed by atoms with van der Waals surface area (Å²) in [6.07, 6.45) is 1.30. The van der Waals surface area contributed by atoms with Gasteiger partial charge in [0, 0.05) is 12.1 Å². The molecule has 2 unspecified atom stereocenters. The number of hydrogen-bond donors (Lipinski definition) is 1. The second kappa shape index (κ2) is 6.06. The van der Waals surface area contributed by atoms with Gasteiger partial charge in [-0.25, -0.2) is 0 Å². The first-order valence-corrected chi connectivity index (χ1v) is 7.52. The highest BCUT2D eigenvalue weighted by Gasteiger charge is 2.37. The fourth-order valence-corrected chi connectivity index (χ4v) is 3.63. The van der Waals surface area contributed by atoms with Crippen molar-refractivity contribution in [3.63, 3.8) is 0 Å². The largest absolute Gasteiger partial charge is 0.319 e. The van der Waals surface area contributed by atoms with Crippen LogP contribution in [0.3, 0.4) is 0 Å². The zero-order valence-electron chi connectivity index (χ0n) is 13.0. The van der Waals surface area contributed by atoms with Crippen molar-refractivity contribution < 1.29 is 0 Å². The maximum atomic E-state index is 3.38. The summed E-state index contributed by atoms with van der Waals surface area (Å²) >= 11 is 0. The van der Waals surface area contributed by atoms with Crippen molar-refractivity contribution in [2.45, 2.75) is 46.2 Å². The lowest BCUT2D eigenvalue weighted by molar-refractivity contribution is 0.181. The number of hydrogen-bond acceptors (Lipinski definition) is 2. The van der Waals surface area contributed by atoms with E-state index < -0.39 is 0 Å². The standard InChI is InChI=1S/C17H28N2/c1-12(2)19-10-9-15(11-18-5)17(19)16-13(3)7-6-8-14(16)4/h6-8,12,15,17-18H,9-11H2,1-5H3. The Balaban J connectivity index is 2.40. The molecule has 0 spiro atoms. The maximum Gasteiger partial charge on any atom is 0.0396 e. The van der Waals surface area contributed by atoms with Crippen LogP contribution >= 0.6 is 0 Å². The van der Waals surface area contributed by atoms with Gasteiger partial charge in [0.25, 0.3) is 0 Å². The van der Waals surface area contributed by atoms with E-state index in [1.807, 2.05) is 0 Å². The summed E-state index contributed by atoms with van der Waals surface area (Å²) in [7, 11) is 2.07. The van der Waals surface area contributed by atoms with Crippen LogP contribution in [0, 0.1) is 19.8 Å². The van der Waals surface area contributed by atoms with E-state index in [4.69, 9.17) is 0 Å². The molecule has 1 N–H and O–H groups in total. The van der Waals surface area contributed by atoms with Crippen LogP contribution in [0.15, 0.2) is 18.2 Å². The molecule has 0 aromatic heterocycles. The van der Waals surface area contributed by atoms with Crippen LogP contribution in [-0.4, -0.2) is 31.1 Å². The summed E-state index contributed by atoms with van der Waals surface area (Å²) in [6.45, 7) is 11.5. The number of aryl methyl sites for hydroxylation is 2. The molecular formula is C17H28N2. The summed E-state index contributed by atoms with van der Waals surface area (Å²) in [6, 6.07) is 7.89. The molecule has 0 bridgehead atoms. The summed E-state index contributed by atoms with van der Waals surface area (Å²) in [5.41, 5.74) is 4.45.